The van der Waals surface area contributed by atoms with E-state index in [2.05, 4.69) is 71.4 Å². The lowest BCUT2D eigenvalue weighted by Crippen LogP contribution is -1.93. The Morgan fingerprint density at radius 2 is 1.14 bits per heavy atom. The largest absolute Gasteiger partial charge is 0.144 e. The average molecular weight is 324 g/mol. The molecule has 0 spiro atoms. The van der Waals surface area contributed by atoms with Gasteiger partial charge in [0.1, 0.15) is 0 Å². The quantitative estimate of drug-likeness (QED) is 0.502. The van der Waals surface area contributed by atoms with E-state index in [4.69, 9.17) is 0 Å². The van der Waals surface area contributed by atoms with E-state index in [1.807, 2.05) is 11.3 Å². The maximum atomic E-state index is 2.30. The molecule has 0 fully saturated rings. The summed E-state index contributed by atoms with van der Waals surface area (Å²) in [6.07, 6.45) is 4.59. The summed E-state index contributed by atoms with van der Waals surface area (Å²) in [6.45, 7) is 0. The van der Waals surface area contributed by atoms with Gasteiger partial charge in [-0.05, 0) is 35.0 Å². The van der Waals surface area contributed by atoms with Crippen LogP contribution in [0.3, 0.4) is 0 Å². The molecule has 21 heavy (non-hydrogen) atoms. The molecule has 102 valence electrons. The minimum Gasteiger partial charge on any atom is -0.144 e. The van der Waals surface area contributed by atoms with E-state index in [1.165, 1.54) is 29.6 Å². The fraction of sp³-hybridized carbons (Fsp3) is 0. The molecule has 0 aliphatic heterocycles. The van der Waals surface area contributed by atoms with Gasteiger partial charge in [0.25, 0.3) is 0 Å². The lowest BCUT2D eigenvalue weighted by molar-refractivity contribution is 1.80. The Morgan fingerprint density at radius 3 is 1.57 bits per heavy atom. The highest BCUT2D eigenvalue weighted by atomic mass is 32.1. The zero-order valence-electron chi connectivity index (χ0n) is 11.2. The first-order valence-corrected chi connectivity index (χ1v) is 9.26. The molecule has 0 N–H and O–H groups in total. The zero-order valence-corrected chi connectivity index (χ0v) is 13.6. The van der Waals surface area contributed by atoms with Crippen molar-refractivity contribution in [1.82, 2.24) is 0 Å². The van der Waals surface area contributed by atoms with Crippen molar-refractivity contribution in [3.05, 3.63) is 78.1 Å². The molecule has 0 saturated carbocycles. The molecule has 3 heteroatoms. The van der Waals surface area contributed by atoms with Crippen LogP contribution in [0.4, 0.5) is 0 Å². The van der Waals surface area contributed by atoms with Crippen LogP contribution in [0.2, 0.25) is 0 Å². The van der Waals surface area contributed by atoms with Crippen molar-refractivity contribution in [2.75, 3.05) is 0 Å². The van der Waals surface area contributed by atoms with E-state index in [0.717, 1.165) is 0 Å². The monoisotopic (exact) mass is 324 g/mol. The van der Waals surface area contributed by atoms with Crippen LogP contribution in [0.25, 0.3) is 22.9 Å². The van der Waals surface area contributed by atoms with Gasteiger partial charge in [0.2, 0.25) is 0 Å². The second-order valence-corrected chi connectivity index (χ2v) is 7.74. The fourth-order valence-electron chi connectivity index (χ4n) is 2.36. The first-order chi connectivity index (χ1) is 10.4. The highest BCUT2D eigenvalue weighted by molar-refractivity contribution is 7.12. The number of fused-ring (bicyclic) bond motifs is 1. The number of hydrogen-bond acceptors (Lipinski definition) is 3. The van der Waals surface area contributed by atoms with Gasteiger partial charge in [-0.15, -0.1) is 34.0 Å². The van der Waals surface area contributed by atoms with Gasteiger partial charge in [0.15, 0.2) is 0 Å². The van der Waals surface area contributed by atoms with Crippen LogP contribution in [-0.2, 0) is 0 Å². The molecule has 0 saturated heterocycles. The lowest BCUT2D eigenvalue weighted by Gasteiger charge is -1.88. The maximum absolute atomic E-state index is 2.30. The van der Waals surface area contributed by atoms with E-state index in [9.17, 15) is 0 Å². The van der Waals surface area contributed by atoms with Gasteiger partial charge >= 0.3 is 0 Å². The highest BCUT2D eigenvalue weighted by Crippen LogP contribution is 2.14. The van der Waals surface area contributed by atoms with Gasteiger partial charge < -0.3 is 0 Å². The maximum Gasteiger partial charge on any atom is 0.0369 e. The van der Waals surface area contributed by atoms with Crippen LogP contribution in [0.1, 0.15) is 9.75 Å². The molecule has 3 aromatic heterocycles. The lowest BCUT2D eigenvalue weighted by atomic mass is 10.2. The molecular weight excluding hydrogens is 312 g/mol. The molecule has 1 aromatic carbocycles. The Balaban J connectivity index is 2.02. The Hall–Kier alpha value is -1.68. The molecule has 0 amide bonds. The molecule has 3 heterocycles. The van der Waals surface area contributed by atoms with Gasteiger partial charge in [-0.3, -0.25) is 0 Å². The van der Waals surface area contributed by atoms with Gasteiger partial charge in [-0.2, -0.15) is 0 Å². The predicted octanol–water partition coefficient (Wildman–Crippen LogP) is 4.68. The van der Waals surface area contributed by atoms with E-state index in [0.29, 0.717) is 0 Å². The molecule has 0 bridgehead atoms. The summed E-state index contributed by atoms with van der Waals surface area (Å²) in [7, 11) is 0. The predicted molar refractivity (Wildman–Crippen MR) is 96.8 cm³/mol. The third-order valence-corrected chi connectivity index (χ3v) is 6.06. The third-order valence-electron chi connectivity index (χ3n) is 3.31. The van der Waals surface area contributed by atoms with Gasteiger partial charge in [0, 0.05) is 29.6 Å². The van der Waals surface area contributed by atoms with Gasteiger partial charge in [-0.25, -0.2) is 0 Å². The average Bonchev–Trinajstić information content (AvgIpc) is 3.23. The first-order valence-electron chi connectivity index (χ1n) is 6.68. The minimum atomic E-state index is 1.31. The minimum absolute atomic E-state index is 1.31. The summed E-state index contributed by atoms with van der Waals surface area (Å²) in [5, 5.41) is 6.94. The summed E-state index contributed by atoms with van der Waals surface area (Å²) >= 11 is 5.44. The smallest absolute Gasteiger partial charge is 0.0369 e. The summed E-state index contributed by atoms with van der Waals surface area (Å²) < 4.78 is 2.69. The molecule has 0 unspecified atom stereocenters. The summed E-state index contributed by atoms with van der Waals surface area (Å²) in [4.78, 5) is 2.62. The molecule has 0 aliphatic rings. The van der Waals surface area contributed by atoms with E-state index in [-0.39, 0.29) is 0 Å². The Labute approximate surface area is 134 Å². The van der Waals surface area contributed by atoms with Crippen molar-refractivity contribution in [1.29, 1.82) is 0 Å². The molecule has 0 nitrogen and oxygen atoms in total. The van der Waals surface area contributed by atoms with Crippen molar-refractivity contribution in [3.8, 4) is 0 Å². The van der Waals surface area contributed by atoms with Crippen molar-refractivity contribution >= 4 is 56.9 Å². The Bertz CT molecular complexity index is 891. The highest BCUT2D eigenvalue weighted by Gasteiger charge is 2.01. The topological polar surface area (TPSA) is 0 Å². The first kappa shape index (κ1) is 13.0. The van der Waals surface area contributed by atoms with E-state index >= 15 is 0 Å². The SMILES string of the molecule is C(c1cccs1)=c1sc(=Cc2cccs2)c2ccccc12. The van der Waals surface area contributed by atoms with E-state index in [1.54, 1.807) is 22.7 Å². The van der Waals surface area contributed by atoms with Crippen LogP contribution >= 0.6 is 34.0 Å². The van der Waals surface area contributed by atoms with Crippen molar-refractivity contribution in [3.63, 3.8) is 0 Å². The van der Waals surface area contributed by atoms with Crippen molar-refractivity contribution in [2.45, 2.75) is 0 Å². The normalized spacial score (nSPS) is 13.3. The van der Waals surface area contributed by atoms with Gasteiger partial charge in [-0.1, -0.05) is 36.4 Å². The van der Waals surface area contributed by atoms with Gasteiger partial charge in [0.05, 0.1) is 0 Å². The number of thiophene rings is 3. The van der Waals surface area contributed by atoms with Crippen LogP contribution in [0, 0.1) is 0 Å². The third kappa shape index (κ3) is 2.60. The number of benzene rings is 1. The number of hydrogen-bond donors (Lipinski definition) is 0. The zero-order chi connectivity index (χ0) is 14.1. The summed E-state index contributed by atoms with van der Waals surface area (Å²) in [5.74, 6) is 0. The fourth-order valence-corrected chi connectivity index (χ4v) is 5.01. The van der Waals surface area contributed by atoms with Crippen molar-refractivity contribution in [2.24, 2.45) is 0 Å². The van der Waals surface area contributed by atoms with Crippen LogP contribution in [-0.4, -0.2) is 0 Å². The molecule has 4 aromatic rings. The second kappa shape index (κ2) is 5.60. The van der Waals surface area contributed by atoms with Crippen LogP contribution in [0.15, 0.2) is 59.3 Å². The molecule has 4 rings (SSSR count). The summed E-state index contributed by atoms with van der Waals surface area (Å²) in [5.41, 5.74) is 0. The standard InChI is InChI=1S/C18H12S3/c1-2-8-16-15(7-1)17(11-13-5-3-9-19-13)21-18(16)12-14-6-4-10-20-14/h1-12H. The Kier molecular flexibility index (Phi) is 3.47. The van der Waals surface area contributed by atoms with Crippen LogP contribution in [0.5, 0.6) is 0 Å². The Morgan fingerprint density at radius 1 is 0.619 bits per heavy atom. The van der Waals surface area contributed by atoms with Crippen LogP contribution < -0.4 is 9.06 Å². The second-order valence-electron chi connectivity index (χ2n) is 4.70. The van der Waals surface area contributed by atoms with E-state index < -0.39 is 0 Å². The summed E-state index contributed by atoms with van der Waals surface area (Å²) in [6, 6.07) is 17.2. The molecule has 0 atom stereocenters. The van der Waals surface area contributed by atoms with Crippen molar-refractivity contribution < 1.29 is 0 Å². The molecular formula is C18H12S3. The number of rotatable bonds is 2. The molecule has 0 aliphatic carbocycles. The molecule has 0 radical (unpaired) electrons.